The molecule has 33 heavy (non-hydrogen) atoms. The lowest BCUT2D eigenvalue weighted by Gasteiger charge is -2.08. The van der Waals surface area contributed by atoms with Gasteiger partial charge in [0.25, 0.3) is 6.20 Å². The van der Waals surface area contributed by atoms with Gasteiger partial charge < -0.3 is 5.32 Å². The standard InChI is InChI=1S/C21H16F3N7O2/c1-13-18(3-2-6-26-13)14-4-5-16(27-8-14)11-31-12-19(33-30-31)29-20(32)28-17-7-15(9-25-10-17)21(22,23)24/h2-10,12H,11H2,1H3,(H-,28,29,30,32)/p+1. The summed E-state index contributed by atoms with van der Waals surface area (Å²) in [6.45, 7) is 2.19. The predicted octanol–water partition coefficient (Wildman–Crippen LogP) is 3.83. The van der Waals surface area contributed by atoms with E-state index in [9.17, 15) is 18.0 Å². The van der Waals surface area contributed by atoms with Gasteiger partial charge in [-0.15, -0.1) is 0 Å². The maximum atomic E-state index is 12.8. The number of hydrogen-bond acceptors (Lipinski definition) is 6. The first kappa shape index (κ1) is 21.9. The molecule has 0 saturated heterocycles. The largest absolute Gasteiger partial charge is 0.417 e. The molecule has 0 fully saturated rings. The van der Waals surface area contributed by atoms with Crippen molar-refractivity contribution in [3.05, 3.63) is 78.3 Å². The second-order valence-electron chi connectivity index (χ2n) is 6.98. The number of nitrogens with one attached hydrogen (secondary N) is 2. The molecule has 0 aliphatic heterocycles. The number of rotatable bonds is 5. The summed E-state index contributed by atoms with van der Waals surface area (Å²) < 4.78 is 44.7. The average molecular weight is 456 g/mol. The van der Waals surface area contributed by atoms with E-state index >= 15 is 0 Å². The van der Waals surface area contributed by atoms with Crippen molar-refractivity contribution in [3.8, 4) is 11.1 Å². The fourth-order valence-electron chi connectivity index (χ4n) is 2.98. The molecule has 0 unspecified atom stereocenters. The molecule has 168 valence electrons. The summed E-state index contributed by atoms with van der Waals surface area (Å²) in [4.78, 5) is 24.2. The van der Waals surface area contributed by atoms with Crippen LogP contribution in [0.3, 0.4) is 0 Å². The Morgan fingerprint density at radius 2 is 1.97 bits per heavy atom. The van der Waals surface area contributed by atoms with Crippen molar-refractivity contribution in [2.75, 3.05) is 10.6 Å². The lowest BCUT2D eigenvalue weighted by molar-refractivity contribution is -0.755. The van der Waals surface area contributed by atoms with Crippen LogP contribution in [0.4, 0.5) is 29.5 Å². The highest BCUT2D eigenvalue weighted by Gasteiger charge is 2.31. The summed E-state index contributed by atoms with van der Waals surface area (Å²) in [7, 11) is 0. The number of aryl methyl sites for hydroxylation is 1. The molecule has 0 saturated carbocycles. The summed E-state index contributed by atoms with van der Waals surface area (Å²) in [5.41, 5.74) is 2.41. The average Bonchev–Trinajstić information content (AvgIpc) is 3.21. The van der Waals surface area contributed by atoms with E-state index in [0.29, 0.717) is 11.9 Å². The van der Waals surface area contributed by atoms with Gasteiger partial charge in [0.05, 0.1) is 17.4 Å². The first-order chi connectivity index (χ1) is 15.8. The minimum Gasteiger partial charge on any atom is -0.306 e. The summed E-state index contributed by atoms with van der Waals surface area (Å²) >= 11 is 0. The van der Waals surface area contributed by atoms with Crippen LogP contribution in [0.2, 0.25) is 0 Å². The molecule has 4 aromatic heterocycles. The van der Waals surface area contributed by atoms with Crippen LogP contribution in [-0.2, 0) is 12.7 Å². The van der Waals surface area contributed by atoms with Crippen molar-refractivity contribution in [1.82, 2.24) is 20.2 Å². The minimum atomic E-state index is -4.57. The number of carbonyl (C=O) groups is 1. The van der Waals surface area contributed by atoms with Crippen molar-refractivity contribution < 1.29 is 27.2 Å². The molecule has 0 atom stereocenters. The number of anilines is 2. The first-order valence-electron chi connectivity index (χ1n) is 9.61. The van der Waals surface area contributed by atoms with Gasteiger partial charge in [0, 0.05) is 35.4 Å². The van der Waals surface area contributed by atoms with Crippen LogP contribution < -0.4 is 15.3 Å². The van der Waals surface area contributed by atoms with Crippen molar-refractivity contribution in [3.63, 3.8) is 0 Å². The topological polar surface area (TPSA) is 110 Å². The van der Waals surface area contributed by atoms with E-state index in [2.05, 4.69) is 30.9 Å². The zero-order chi connectivity index (χ0) is 23.4. The van der Waals surface area contributed by atoms with Crippen molar-refractivity contribution >= 4 is 17.6 Å². The Bertz CT molecular complexity index is 1270. The van der Waals surface area contributed by atoms with Crippen LogP contribution in [0.25, 0.3) is 11.1 Å². The molecule has 0 radical (unpaired) electrons. The minimum absolute atomic E-state index is 0.00459. The highest BCUT2D eigenvalue weighted by molar-refractivity contribution is 5.98. The predicted molar refractivity (Wildman–Crippen MR) is 110 cm³/mol. The van der Waals surface area contributed by atoms with E-state index in [-0.39, 0.29) is 18.1 Å². The summed E-state index contributed by atoms with van der Waals surface area (Å²) in [6, 6.07) is 7.54. The molecule has 12 heteroatoms. The smallest absolute Gasteiger partial charge is 0.306 e. The molecular weight excluding hydrogens is 439 g/mol. The molecule has 9 nitrogen and oxygen atoms in total. The number of pyridine rings is 3. The number of hydrogen-bond donors (Lipinski definition) is 2. The third-order valence-electron chi connectivity index (χ3n) is 4.54. The molecule has 2 amide bonds. The van der Waals surface area contributed by atoms with Crippen molar-refractivity contribution in [2.45, 2.75) is 19.6 Å². The Balaban J connectivity index is 1.36. The van der Waals surface area contributed by atoms with Crippen LogP contribution in [-0.4, -0.2) is 26.3 Å². The van der Waals surface area contributed by atoms with E-state index in [1.165, 1.54) is 10.9 Å². The van der Waals surface area contributed by atoms with E-state index in [4.69, 9.17) is 4.52 Å². The molecule has 4 heterocycles. The van der Waals surface area contributed by atoms with Gasteiger partial charge in [0.1, 0.15) is 5.69 Å². The quantitative estimate of drug-likeness (QED) is 0.442. The second-order valence-corrected chi connectivity index (χ2v) is 6.98. The van der Waals surface area contributed by atoms with Gasteiger partial charge in [-0.3, -0.25) is 24.8 Å². The van der Waals surface area contributed by atoms with E-state index in [0.717, 1.165) is 29.1 Å². The normalized spacial score (nSPS) is 11.3. The third-order valence-corrected chi connectivity index (χ3v) is 4.54. The number of halogens is 3. The number of amides is 2. The number of nitrogens with zero attached hydrogens (tertiary/aromatic N) is 5. The van der Waals surface area contributed by atoms with Gasteiger partial charge >= 0.3 is 18.1 Å². The van der Waals surface area contributed by atoms with Gasteiger partial charge in [-0.1, -0.05) is 12.1 Å². The lowest BCUT2D eigenvalue weighted by atomic mass is 10.1. The third kappa shape index (κ3) is 5.47. The van der Waals surface area contributed by atoms with E-state index in [1.807, 2.05) is 31.2 Å². The SMILES string of the molecule is Cc1ncccc1-c1ccc(C[n+]2cc(NC(=O)Nc3cncc(C(F)(F)F)c3)on2)nc1. The molecule has 0 aliphatic carbocycles. The molecule has 0 spiro atoms. The fourth-order valence-corrected chi connectivity index (χ4v) is 2.98. The van der Waals surface area contributed by atoms with Crippen LogP contribution in [0, 0.1) is 6.92 Å². The van der Waals surface area contributed by atoms with Crippen LogP contribution in [0.1, 0.15) is 17.0 Å². The Morgan fingerprint density at radius 1 is 1.12 bits per heavy atom. The van der Waals surface area contributed by atoms with Crippen LogP contribution in [0.15, 0.2) is 65.8 Å². The van der Waals surface area contributed by atoms with Gasteiger partial charge in [0.2, 0.25) is 11.8 Å². The van der Waals surface area contributed by atoms with Crippen LogP contribution in [0.5, 0.6) is 0 Å². The Labute approximate surface area is 185 Å². The molecule has 4 rings (SSSR count). The Kier molecular flexibility index (Phi) is 5.98. The number of carbonyl (C=O) groups excluding carboxylic acids is 1. The molecular formula is C21H17F3N7O2+. The second kappa shape index (κ2) is 9.02. The first-order valence-corrected chi connectivity index (χ1v) is 9.61. The highest BCUT2D eigenvalue weighted by Crippen LogP contribution is 2.30. The summed E-state index contributed by atoms with van der Waals surface area (Å²) in [5.74, 6) is -0.00459. The monoisotopic (exact) mass is 456 g/mol. The number of aromatic nitrogens is 5. The van der Waals surface area contributed by atoms with E-state index in [1.54, 1.807) is 12.4 Å². The van der Waals surface area contributed by atoms with Crippen LogP contribution >= 0.6 is 0 Å². The van der Waals surface area contributed by atoms with Crippen molar-refractivity contribution in [1.29, 1.82) is 0 Å². The number of alkyl halides is 3. The Hall–Kier alpha value is -4.35. The van der Waals surface area contributed by atoms with Gasteiger partial charge in [-0.25, -0.2) is 4.79 Å². The molecule has 0 aromatic carbocycles. The van der Waals surface area contributed by atoms with E-state index < -0.39 is 17.8 Å². The summed E-state index contributed by atoms with van der Waals surface area (Å²) in [6.07, 6.45) is 2.07. The zero-order valence-corrected chi connectivity index (χ0v) is 17.2. The molecule has 0 aliphatic rings. The maximum absolute atomic E-state index is 12.8. The van der Waals surface area contributed by atoms with Gasteiger partial charge in [0.15, 0.2) is 0 Å². The lowest BCUT2D eigenvalue weighted by Crippen LogP contribution is -2.35. The summed E-state index contributed by atoms with van der Waals surface area (Å²) in [5, 5.41) is 8.42. The Morgan fingerprint density at radius 3 is 2.70 bits per heavy atom. The molecule has 4 aromatic rings. The van der Waals surface area contributed by atoms with Crippen molar-refractivity contribution in [2.24, 2.45) is 0 Å². The van der Waals surface area contributed by atoms with Gasteiger partial charge in [-0.05, 0) is 29.8 Å². The maximum Gasteiger partial charge on any atom is 0.417 e. The zero-order valence-electron chi connectivity index (χ0n) is 17.2. The number of urea groups is 1. The molecule has 0 bridgehead atoms. The highest BCUT2D eigenvalue weighted by atomic mass is 19.4. The van der Waals surface area contributed by atoms with Gasteiger partial charge in [-0.2, -0.15) is 13.2 Å². The fraction of sp³-hybridized carbons (Fsp3) is 0.143. The molecule has 2 N–H and O–H groups in total.